The van der Waals surface area contributed by atoms with Crippen molar-refractivity contribution in [2.45, 2.75) is 31.3 Å². The summed E-state index contributed by atoms with van der Waals surface area (Å²) in [5.41, 5.74) is 4.06. The van der Waals surface area contributed by atoms with E-state index < -0.39 is 5.00 Å². The van der Waals surface area contributed by atoms with Crippen LogP contribution in [0.4, 0.5) is 0 Å². The monoisotopic (exact) mass is 441 g/mol. The Morgan fingerprint density at radius 2 is 2.06 bits per heavy atom. The minimum absolute atomic E-state index is 0.0378. The molecule has 1 unspecified atom stereocenters. The van der Waals surface area contributed by atoms with Crippen LogP contribution < -0.4 is 10.9 Å². The molecule has 0 saturated carbocycles. The van der Waals surface area contributed by atoms with Crippen LogP contribution >= 0.6 is 11.6 Å². The normalized spacial score (nSPS) is 22.5. The van der Waals surface area contributed by atoms with E-state index in [9.17, 15) is 9.59 Å². The van der Waals surface area contributed by atoms with Gasteiger partial charge in [-0.3, -0.25) is 24.4 Å². The maximum absolute atomic E-state index is 12.1. The number of H-pyrrole nitrogens is 1. The number of amides is 1. The summed E-state index contributed by atoms with van der Waals surface area (Å²) in [5.74, 6) is -0.0870. The van der Waals surface area contributed by atoms with Gasteiger partial charge in [0.2, 0.25) is 0 Å². The fourth-order valence-electron chi connectivity index (χ4n) is 4.21. The van der Waals surface area contributed by atoms with E-state index >= 15 is 0 Å². The Balaban J connectivity index is 1.37. The van der Waals surface area contributed by atoms with Crippen molar-refractivity contribution >= 4 is 28.5 Å². The first-order valence-electron chi connectivity index (χ1n) is 10.7. The van der Waals surface area contributed by atoms with Crippen LogP contribution in [0.15, 0.2) is 46.9 Å². The van der Waals surface area contributed by atoms with Gasteiger partial charge in [-0.15, -0.1) is 0 Å². The minimum Gasteiger partial charge on any atom is -0.355 e. The molecule has 0 aromatic carbocycles. The summed E-state index contributed by atoms with van der Waals surface area (Å²) in [6.07, 6.45) is 8.85. The van der Waals surface area contributed by atoms with Crippen molar-refractivity contribution in [3.8, 4) is 0 Å². The van der Waals surface area contributed by atoms with Crippen molar-refractivity contribution in [3.05, 3.63) is 63.6 Å². The molecule has 0 bridgehead atoms. The molecule has 1 aliphatic carbocycles. The predicted octanol–water partition coefficient (Wildman–Crippen LogP) is 2.17. The van der Waals surface area contributed by atoms with Gasteiger partial charge in [0, 0.05) is 63.5 Å². The van der Waals surface area contributed by atoms with Crippen LogP contribution in [0, 0.1) is 0 Å². The highest BCUT2D eigenvalue weighted by Gasteiger charge is 2.35. The summed E-state index contributed by atoms with van der Waals surface area (Å²) >= 11 is 6.88. The quantitative estimate of drug-likeness (QED) is 0.549. The lowest BCUT2D eigenvalue weighted by Gasteiger charge is -2.43. The molecule has 4 rings (SSSR count). The molecule has 2 aromatic heterocycles. The van der Waals surface area contributed by atoms with E-state index in [4.69, 9.17) is 11.6 Å². The number of carbonyl (C=O) groups is 1. The molecule has 1 amide bonds. The topological polar surface area (TPSA) is 81.3 Å². The van der Waals surface area contributed by atoms with Gasteiger partial charge in [0.25, 0.3) is 11.5 Å². The van der Waals surface area contributed by atoms with E-state index in [-0.39, 0.29) is 11.5 Å². The second-order valence-corrected chi connectivity index (χ2v) is 8.77. The van der Waals surface area contributed by atoms with Crippen molar-refractivity contribution in [1.82, 2.24) is 25.1 Å². The van der Waals surface area contributed by atoms with Gasteiger partial charge >= 0.3 is 0 Å². The van der Waals surface area contributed by atoms with Crippen LogP contribution in [0.2, 0.25) is 0 Å². The molecule has 2 N–H and O–H groups in total. The summed E-state index contributed by atoms with van der Waals surface area (Å²) in [6, 6.07) is 3.89. The zero-order valence-electron chi connectivity index (χ0n) is 17.9. The zero-order chi connectivity index (χ0) is 22.0. The van der Waals surface area contributed by atoms with Crippen LogP contribution in [0.25, 0.3) is 11.0 Å². The fraction of sp³-hybridized carbons (Fsp3) is 0.435. The number of aryl methyl sites for hydroxylation is 1. The summed E-state index contributed by atoms with van der Waals surface area (Å²) in [6.45, 7) is 6.20. The summed E-state index contributed by atoms with van der Waals surface area (Å²) in [4.78, 5) is 35.5. The van der Waals surface area contributed by atoms with Gasteiger partial charge < -0.3 is 10.3 Å². The summed E-state index contributed by atoms with van der Waals surface area (Å²) in [5, 5.41) is 2.64. The molecule has 8 heteroatoms. The van der Waals surface area contributed by atoms with E-state index in [2.05, 4.69) is 25.1 Å². The highest BCUT2D eigenvalue weighted by Crippen LogP contribution is 2.32. The second-order valence-electron chi connectivity index (χ2n) is 8.11. The second kappa shape index (κ2) is 8.94. The number of nitrogens with one attached hydrogen (secondary N) is 2. The Kier molecular flexibility index (Phi) is 6.27. The third-order valence-electron chi connectivity index (χ3n) is 6.13. The molecule has 1 saturated heterocycles. The average molecular weight is 442 g/mol. The number of likely N-dealkylation sites (N-methyl/N-ethyl adjacent to an activating group) is 1. The Morgan fingerprint density at radius 1 is 1.29 bits per heavy atom. The van der Waals surface area contributed by atoms with Crippen LogP contribution in [-0.4, -0.2) is 63.9 Å². The van der Waals surface area contributed by atoms with E-state index in [1.54, 1.807) is 7.05 Å². The molecule has 3 heterocycles. The van der Waals surface area contributed by atoms with Crippen molar-refractivity contribution in [2.75, 3.05) is 33.2 Å². The van der Waals surface area contributed by atoms with Gasteiger partial charge in [-0.1, -0.05) is 30.7 Å². The van der Waals surface area contributed by atoms with Gasteiger partial charge in [-0.25, -0.2) is 0 Å². The SMILES string of the molecule is CCc1cc2ncc(CN3CCN(C4(Cl)C=CC(C(=O)NC)=CC4)CC3)cc2[nH]c1=O. The average Bonchev–Trinajstić information content (AvgIpc) is 2.79. The number of alkyl halides is 1. The smallest absolute Gasteiger partial charge is 0.251 e. The molecule has 7 nitrogen and oxygen atoms in total. The number of aromatic amines is 1. The lowest BCUT2D eigenvalue weighted by Crippen LogP contribution is -2.54. The number of hydrogen-bond acceptors (Lipinski definition) is 5. The molecule has 1 aliphatic heterocycles. The van der Waals surface area contributed by atoms with Gasteiger partial charge in [-0.2, -0.15) is 0 Å². The van der Waals surface area contributed by atoms with Gasteiger partial charge in [0.1, 0.15) is 5.00 Å². The van der Waals surface area contributed by atoms with Crippen LogP contribution in [0.1, 0.15) is 24.5 Å². The molecule has 1 atom stereocenters. The number of nitrogens with zero attached hydrogens (tertiary/aromatic N) is 3. The van der Waals surface area contributed by atoms with Gasteiger partial charge in [0.05, 0.1) is 11.0 Å². The third-order valence-corrected chi connectivity index (χ3v) is 6.65. The predicted molar refractivity (Wildman–Crippen MR) is 123 cm³/mol. The van der Waals surface area contributed by atoms with E-state index in [1.807, 2.05) is 43.5 Å². The highest BCUT2D eigenvalue weighted by atomic mass is 35.5. The number of carbonyl (C=O) groups excluding carboxylic acids is 1. The number of piperazine rings is 1. The van der Waals surface area contributed by atoms with E-state index in [1.165, 1.54) is 0 Å². The largest absolute Gasteiger partial charge is 0.355 e. The van der Waals surface area contributed by atoms with Gasteiger partial charge in [0.15, 0.2) is 0 Å². The van der Waals surface area contributed by atoms with Crippen LogP contribution in [-0.2, 0) is 17.8 Å². The first-order valence-corrected chi connectivity index (χ1v) is 11.1. The minimum atomic E-state index is -0.579. The molecule has 0 radical (unpaired) electrons. The molecular weight excluding hydrogens is 414 g/mol. The lowest BCUT2D eigenvalue weighted by molar-refractivity contribution is -0.116. The van der Waals surface area contributed by atoms with E-state index in [0.717, 1.165) is 54.9 Å². The zero-order valence-corrected chi connectivity index (χ0v) is 18.7. The number of halogens is 1. The molecule has 1 fully saturated rings. The van der Waals surface area contributed by atoms with Crippen molar-refractivity contribution in [3.63, 3.8) is 0 Å². The van der Waals surface area contributed by atoms with Gasteiger partial charge in [-0.05, 0) is 30.2 Å². The Bertz CT molecular complexity index is 1100. The van der Waals surface area contributed by atoms with Crippen molar-refractivity contribution in [1.29, 1.82) is 0 Å². The number of rotatable bonds is 5. The van der Waals surface area contributed by atoms with Crippen molar-refractivity contribution in [2.24, 2.45) is 0 Å². The third kappa shape index (κ3) is 4.59. The fourth-order valence-corrected chi connectivity index (χ4v) is 4.51. The number of hydrogen-bond donors (Lipinski definition) is 2. The first-order chi connectivity index (χ1) is 14.9. The standard InChI is InChI=1S/C23H28ClN5O2/c1-3-17-13-19-20(27-22(17)31)12-16(14-26-19)15-28-8-10-29(11-9-28)23(24)6-4-18(5-7-23)21(30)25-2/h4-6,12-14H,3,7-11,15H2,1-2H3,(H,25,30)(H,27,31). The first kappa shape index (κ1) is 21.7. The van der Waals surface area contributed by atoms with Crippen LogP contribution in [0.3, 0.4) is 0 Å². The maximum Gasteiger partial charge on any atom is 0.251 e. The summed E-state index contributed by atoms with van der Waals surface area (Å²) < 4.78 is 0. The molecule has 2 aromatic rings. The number of fused-ring (bicyclic) bond motifs is 1. The Hall–Kier alpha value is -2.48. The summed E-state index contributed by atoms with van der Waals surface area (Å²) in [7, 11) is 1.63. The lowest BCUT2D eigenvalue weighted by atomic mass is 9.99. The number of aromatic nitrogens is 2. The molecular formula is C23H28ClN5O2. The highest BCUT2D eigenvalue weighted by molar-refractivity contribution is 6.25. The molecule has 164 valence electrons. The van der Waals surface area contributed by atoms with Crippen molar-refractivity contribution < 1.29 is 4.79 Å². The maximum atomic E-state index is 12.1. The molecule has 31 heavy (non-hydrogen) atoms. The Labute approximate surface area is 186 Å². The molecule has 2 aliphatic rings. The van der Waals surface area contributed by atoms with Crippen LogP contribution in [0.5, 0.6) is 0 Å². The molecule has 0 spiro atoms. The number of pyridine rings is 2. The van der Waals surface area contributed by atoms with E-state index in [0.29, 0.717) is 18.4 Å². The Morgan fingerprint density at radius 3 is 2.71 bits per heavy atom.